The Morgan fingerprint density at radius 3 is 2.36 bits per heavy atom. The van der Waals surface area contributed by atoms with E-state index in [1.54, 1.807) is 0 Å². The molecule has 2 unspecified atom stereocenters. The quantitative estimate of drug-likeness (QED) is 0.614. The van der Waals surface area contributed by atoms with Crippen LogP contribution in [0.3, 0.4) is 0 Å². The van der Waals surface area contributed by atoms with Gasteiger partial charge in [-0.05, 0) is 55.4 Å². The summed E-state index contributed by atoms with van der Waals surface area (Å²) in [6.07, 6.45) is 0.993. The zero-order chi connectivity index (χ0) is 23.9. The van der Waals surface area contributed by atoms with Crippen molar-refractivity contribution in [2.75, 3.05) is 18.4 Å². The summed E-state index contributed by atoms with van der Waals surface area (Å²) in [5.41, 5.74) is 3.06. The molecule has 2 atom stereocenters. The first-order valence-electron chi connectivity index (χ1n) is 11.1. The van der Waals surface area contributed by atoms with E-state index >= 15 is 0 Å². The summed E-state index contributed by atoms with van der Waals surface area (Å²) < 4.78 is 34.4. The standard InChI is InChI=1S/C24H29N3O5S/c1-15-10-16(2)13-26(12-15)33(30,31)19-8-9-20-21(11-19)32-24(29)27(20)14-22(28)25-23-17(3)6-5-7-18(23)4/h5-9,11,15-16H,10,12-14H2,1-4H3,(H,25,28). The van der Waals surface area contributed by atoms with E-state index in [1.807, 2.05) is 45.9 Å². The molecule has 33 heavy (non-hydrogen) atoms. The molecule has 1 amide bonds. The van der Waals surface area contributed by atoms with E-state index < -0.39 is 15.8 Å². The zero-order valence-corrected chi connectivity index (χ0v) is 20.1. The second kappa shape index (κ2) is 8.79. The number of benzene rings is 2. The number of aromatic nitrogens is 1. The van der Waals surface area contributed by atoms with Crippen LogP contribution in [-0.4, -0.2) is 36.3 Å². The number of nitrogens with zero attached hydrogens (tertiary/aromatic N) is 2. The van der Waals surface area contributed by atoms with Crippen LogP contribution in [0.2, 0.25) is 0 Å². The van der Waals surface area contributed by atoms with Crippen molar-refractivity contribution in [2.45, 2.75) is 45.6 Å². The molecule has 2 aromatic carbocycles. The van der Waals surface area contributed by atoms with Gasteiger partial charge in [0.25, 0.3) is 0 Å². The van der Waals surface area contributed by atoms with E-state index in [-0.39, 0.29) is 34.8 Å². The van der Waals surface area contributed by atoms with Crippen LogP contribution in [0.4, 0.5) is 5.69 Å². The molecule has 2 heterocycles. The number of anilines is 1. The van der Waals surface area contributed by atoms with E-state index in [1.165, 1.54) is 27.1 Å². The molecule has 0 bridgehead atoms. The number of hydrogen-bond acceptors (Lipinski definition) is 5. The van der Waals surface area contributed by atoms with Crippen molar-refractivity contribution in [2.24, 2.45) is 11.8 Å². The van der Waals surface area contributed by atoms with Crippen LogP contribution in [0.5, 0.6) is 0 Å². The SMILES string of the molecule is Cc1cccc(C)c1NC(=O)Cn1c(=O)oc2cc(S(=O)(=O)N3CC(C)CC(C)C3)ccc21. The van der Waals surface area contributed by atoms with Gasteiger partial charge in [-0.25, -0.2) is 13.2 Å². The van der Waals surface area contributed by atoms with E-state index in [4.69, 9.17) is 4.42 Å². The van der Waals surface area contributed by atoms with Crippen LogP contribution in [0.25, 0.3) is 11.1 Å². The van der Waals surface area contributed by atoms with Gasteiger partial charge in [-0.3, -0.25) is 9.36 Å². The van der Waals surface area contributed by atoms with E-state index in [2.05, 4.69) is 5.32 Å². The fourth-order valence-electron chi connectivity index (χ4n) is 4.64. The summed E-state index contributed by atoms with van der Waals surface area (Å²) in [5.74, 6) is -0.523. The predicted octanol–water partition coefficient (Wildman–Crippen LogP) is 3.52. The summed E-state index contributed by atoms with van der Waals surface area (Å²) in [4.78, 5) is 25.2. The number of para-hydroxylation sites is 1. The van der Waals surface area contributed by atoms with Gasteiger partial charge in [0.1, 0.15) is 6.54 Å². The summed E-state index contributed by atoms with van der Waals surface area (Å²) >= 11 is 0. The van der Waals surface area contributed by atoms with Crippen molar-refractivity contribution in [3.8, 4) is 0 Å². The number of oxazole rings is 1. The molecule has 1 fully saturated rings. The van der Waals surface area contributed by atoms with Gasteiger partial charge in [0, 0.05) is 24.8 Å². The molecule has 0 saturated carbocycles. The van der Waals surface area contributed by atoms with Crippen LogP contribution in [-0.2, 0) is 21.4 Å². The molecule has 3 aromatic rings. The van der Waals surface area contributed by atoms with Crippen molar-refractivity contribution in [1.29, 1.82) is 0 Å². The second-order valence-electron chi connectivity index (χ2n) is 9.17. The number of aryl methyl sites for hydroxylation is 2. The number of piperidine rings is 1. The lowest BCUT2D eigenvalue weighted by molar-refractivity contribution is -0.116. The maximum atomic E-state index is 13.2. The molecule has 1 aromatic heterocycles. The lowest BCUT2D eigenvalue weighted by atomic mass is 9.94. The molecule has 176 valence electrons. The summed E-state index contributed by atoms with van der Waals surface area (Å²) in [7, 11) is -3.71. The van der Waals surface area contributed by atoms with Crippen LogP contribution in [0.1, 0.15) is 31.4 Å². The Kier molecular flexibility index (Phi) is 6.20. The predicted molar refractivity (Wildman–Crippen MR) is 127 cm³/mol. The Morgan fingerprint density at radius 2 is 1.73 bits per heavy atom. The van der Waals surface area contributed by atoms with Gasteiger partial charge in [0.05, 0.1) is 10.4 Å². The van der Waals surface area contributed by atoms with Crippen molar-refractivity contribution in [3.63, 3.8) is 0 Å². The maximum absolute atomic E-state index is 13.2. The van der Waals surface area contributed by atoms with Gasteiger partial charge in [0.15, 0.2) is 5.58 Å². The minimum absolute atomic E-state index is 0.0807. The average molecular weight is 472 g/mol. The van der Waals surface area contributed by atoms with E-state index in [0.717, 1.165) is 17.5 Å². The largest absolute Gasteiger partial charge is 0.420 e. The van der Waals surface area contributed by atoms with Gasteiger partial charge >= 0.3 is 5.76 Å². The van der Waals surface area contributed by atoms with E-state index in [9.17, 15) is 18.0 Å². The van der Waals surface area contributed by atoms with E-state index in [0.29, 0.717) is 24.3 Å². The van der Waals surface area contributed by atoms with Gasteiger partial charge < -0.3 is 9.73 Å². The molecule has 1 N–H and O–H groups in total. The third kappa shape index (κ3) is 4.60. The highest BCUT2D eigenvalue weighted by Crippen LogP contribution is 2.28. The molecule has 1 saturated heterocycles. The molecule has 0 spiro atoms. The molecule has 0 radical (unpaired) electrons. The summed E-state index contributed by atoms with van der Waals surface area (Å²) in [5, 5.41) is 2.85. The molecule has 8 nitrogen and oxygen atoms in total. The number of carbonyl (C=O) groups is 1. The highest BCUT2D eigenvalue weighted by atomic mass is 32.2. The number of sulfonamides is 1. The fraction of sp³-hybridized carbons (Fsp3) is 0.417. The molecule has 9 heteroatoms. The molecule has 4 rings (SSSR count). The lowest BCUT2D eigenvalue weighted by Gasteiger charge is -2.34. The highest BCUT2D eigenvalue weighted by molar-refractivity contribution is 7.89. The normalized spacial score (nSPS) is 19.6. The third-order valence-electron chi connectivity index (χ3n) is 6.16. The average Bonchev–Trinajstić information content (AvgIpc) is 3.04. The highest BCUT2D eigenvalue weighted by Gasteiger charge is 2.32. The topological polar surface area (TPSA) is 102 Å². The zero-order valence-electron chi connectivity index (χ0n) is 19.3. The van der Waals surface area contributed by atoms with Crippen LogP contribution in [0.15, 0.2) is 50.5 Å². The monoisotopic (exact) mass is 471 g/mol. The Morgan fingerprint density at radius 1 is 1.09 bits per heavy atom. The van der Waals surface area contributed by atoms with Crippen LogP contribution in [0, 0.1) is 25.7 Å². The van der Waals surface area contributed by atoms with Gasteiger partial charge in [-0.1, -0.05) is 32.0 Å². The van der Waals surface area contributed by atoms with Crippen molar-refractivity contribution >= 4 is 32.7 Å². The third-order valence-corrected chi connectivity index (χ3v) is 7.99. The van der Waals surface area contributed by atoms with Gasteiger partial charge in [-0.15, -0.1) is 0 Å². The number of amides is 1. The molecule has 1 aliphatic rings. The first kappa shape index (κ1) is 23.3. The van der Waals surface area contributed by atoms with Crippen molar-refractivity contribution in [3.05, 3.63) is 58.1 Å². The van der Waals surface area contributed by atoms with Gasteiger partial charge in [0.2, 0.25) is 15.9 Å². The lowest BCUT2D eigenvalue weighted by Crippen LogP contribution is -2.42. The minimum Gasteiger partial charge on any atom is -0.408 e. The fourth-order valence-corrected chi connectivity index (χ4v) is 6.34. The Bertz CT molecular complexity index is 1340. The van der Waals surface area contributed by atoms with Crippen LogP contribution < -0.4 is 11.1 Å². The molecular weight excluding hydrogens is 442 g/mol. The number of fused-ring (bicyclic) bond motifs is 1. The molecule has 0 aliphatic carbocycles. The second-order valence-corrected chi connectivity index (χ2v) is 11.1. The summed E-state index contributed by atoms with van der Waals surface area (Å²) in [6.45, 7) is 8.57. The molecular formula is C24H29N3O5S. The Labute approximate surface area is 193 Å². The van der Waals surface area contributed by atoms with Crippen molar-refractivity contribution < 1.29 is 17.6 Å². The number of hydrogen-bond donors (Lipinski definition) is 1. The summed E-state index contributed by atoms with van der Waals surface area (Å²) in [6, 6.07) is 10.1. The first-order valence-corrected chi connectivity index (χ1v) is 12.5. The Hall–Kier alpha value is -2.91. The number of nitrogens with one attached hydrogen (secondary N) is 1. The molecule has 1 aliphatic heterocycles. The van der Waals surface area contributed by atoms with Gasteiger partial charge in [-0.2, -0.15) is 4.31 Å². The maximum Gasteiger partial charge on any atom is 0.420 e. The van der Waals surface area contributed by atoms with Crippen molar-refractivity contribution in [1.82, 2.24) is 8.87 Å². The first-order chi connectivity index (χ1) is 15.6. The smallest absolute Gasteiger partial charge is 0.408 e. The minimum atomic E-state index is -3.71. The van der Waals surface area contributed by atoms with Crippen LogP contribution >= 0.6 is 0 Å². The number of carbonyl (C=O) groups excluding carboxylic acids is 1. The number of rotatable bonds is 5. The Balaban J connectivity index is 1.60.